The first-order valence-electron chi connectivity index (χ1n) is 9.88. The summed E-state index contributed by atoms with van der Waals surface area (Å²) in [6.07, 6.45) is 0.718. The number of nitrogens with zero attached hydrogens (tertiary/aromatic N) is 2. The van der Waals surface area contributed by atoms with Gasteiger partial charge in [-0.25, -0.2) is 13.6 Å². The Bertz CT molecular complexity index is 948. The molecular formula is C22H26F2N4O3. The molecule has 0 bridgehead atoms. The van der Waals surface area contributed by atoms with Gasteiger partial charge in [0, 0.05) is 32.7 Å². The molecule has 9 heteroatoms. The molecule has 1 aliphatic rings. The summed E-state index contributed by atoms with van der Waals surface area (Å²) in [5.74, 6) is -0.602. The van der Waals surface area contributed by atoms with Crippen LogP contribution in [0.4, 0.5) is 14.5 Å². The molecule has 31 heavy (non-hydrogen) atoms. The van der Waals surface area contributed by atoms with E-state index in [1.54, 1.807) is 30.1 Å². The van der Waals surface area contributed by atoms with E-state index in [1.807, 2.05) is 0 Å². The molecule has 2 aromatic rings. The highest BCUT2D eigenvalue weighted by molar-refractivity contribution is 5.92. The van der Waals surface area contributed by atoms with Crippen molar-refractivity contribution < 1.29 is 23.0 Å². The van der Waals surface area contributed by atoms with E-state index in [9.17, 15) is 13.6 Å². The molecule has 3 rings (SSSR count). The molecule has 1 heterocycles. The molecule has 1 aliphatic heterocycles. The zero-order chi connectivity index (χ0) is 22.4. The molecule has 1 saturated heterocycles. The van der Waals surface area contributed by atoms with Crippen molar-refractivity contribution in [3.63, 3.8) is 0 Å². The minimum atomic E-state index is -0.562. The quantitative estimate of drug-likeness (QED) is 0.415. The molecule has 2 N–H and O–H groups in total. The predicted molar refractivity (Wildman–Crippen MR) is 115 cm³/mol. The lowest BCUT2D eigenvalue weighted by Gasteiger charge is -2.21. The number of para-hydroxylation sites is 1. The molecule has 1 atom stereocenters. The van der Waals surface area contributed by atoms with Crippen molar-refractivity contribution in [2.24, 2.45) is 4.99 Å². The van der Waals surface area contributed by atoms with Crippen LogP contribution in [0.15, 0.2) is 41.4 Å². The summed E-state index contributed by atoms with van der Waals surface area (Å²) in [5.41, 5.74) is 1.24. The number of esters is 1. The fourth-order valence-electron chi connectivity index (χ4n) is 3.57. The van der Waals surface area contributed by atoms with Crippen LogP contribution in [0.1, 0.15) is 22.3 Å². The average molecular weight is 432 g/mol. The Morgan fingerprint density at radius 2 is 1.97 bits per heavy atom. The van der Waals surface area contributed by atoms with Gasteiger partial charge in [-0.1, -0.05) is 12.1 Å². The molecular weight excluding hydrogens is 406 g/mol. The monoisotopic (exact) mass is 432 g/mol. The average Bonchev–Trinajstić information content (AvgIpc) is 3.23. The van der Waals surface area contributed by atoms with Crippen molar-refractivity contribution in [3.8, 4) is 5.75 Å². The van der Waals surface area contributed by atoms with Crippen LogP contribution in [0.3, 0.4) is 0 Å². The van der Waals surface area contributed by atoms with E-state index >= 15 is 0 Å². The third kappa shape index (κ3) is 5.22. The second-order valence-corrected chi connectivity index (χ2v) is 7.10. The zero-order valence-electron chi connectivity index (χ0n) is 17.7. The number of anilines is 1. The third-order valence-electron chi connectivity index (χ3n) is 5.14. The smallest absolute Gasteiger partial charge is 0.341 e. The number of ether oxygens (including phenoxy) is 2. The third-order valence-corrected chi connectivity index (χ3v) is 5.14. The topological polar surface area (TPSA) is 75.2 Å². The number of rotatable bonds is 6. The number of halogens is 2. The highest BCUT2D eigenvalue weighted by atomic mass is 19.1. The van der Waals surface area contributed by atoms with Crippen LogP contribution in [-0.2, 0) is 11.3 Å². The van der Waals surface area contributed by atoms with Crippen molar-refractivity contribution in [2.75, 3.05) is 39.3 Å². The standard InChI is InChI=1S/C22H26F2N4O3/c1-25-22(26-12-14-7-8-16(21(29)31-3)19(11-14)30-2)27-15-9-10-28(13-15)20-17(23)5-4-6-18(20)24/h4-8,11,15H,9-10,12-13H2,1-3H3,(H2,25,26,27). The molecule has 166 valence electrons. The highest BCUT2D eigenvalue weighted by Crippen LogP contribution is 2.26. The maximum absolute atomic E-state index is 14.1. The molecule has 2 aromatic carbocycles. The first-order valence-corrected chi connectivity index (χ1v) is 9.88. The van der Waals surface area contributed by atoms with Crippen molar-refractivity contribution in [3.05, 3.63) is 59.2 Å². The van der Waals surface area contributed by atoms with E-state index < -0.39 is 17.6 Å². The maximum atomic E-state index is 14.1. The lowest BCUT2D eigenvalue weighted by Crippen LogP contribution is -2.44. The Balaban J connectivity index is 1.59. The number of guanidine groups is 1. The first-order chi connectivity index (χ1) is 15.0. The summed E-state index contributed by atoms with van der Waals surface area (Å²) in [5, 5.41) is 6.49. The van der Waals surface area contributed by atoms with E-state index in [1.165, 1.54) is 32.4 Å². The van der Waals surface area contributed by atoms with E-state index in [0.717, 1.165) is 12.0 Å². The minimum Gasteiger partial charge on any atom is -0.496 e. The van der Waals surface area contributed by atoms with Crippen LogP contribution in [0, 0.1) is 11.6 Å². The summed E-state index contributed by atoms with van der Waals surface area (Å²) >= 11 is 0. The van der Waals surface area contributed by atoms with Gasteiger partial charge < -0.3 is 25.0 Å². The Morgan fingerprint density at radius 3 is 2.61 bits per heavy atom. The Kier molecular flexibility index (Phi) is 7.28. The van der Waals surface area contributed by atoms with Crippen LogP contribution < -0.4 is 20.3 Å². The second kappa shape index (κ2) is 10.1. The van der Waals surface area contributed by atoms with Crippen LogP contribution in [-0.4, -0.2) is 52.3 Å². The molecule has 1 fully saturated rings. The fourth-order valence-corrected chi connectivity index (χ4v) is 3.57. The number of aliphatic imine (C=N–C) groups is 1. The van der Waals surface area contributed by atoms with Gasteiger partial charge in [-0.2, -0.15) is 0 Å². The van der Waals surface area contributed by atoms with Crippen LogP contribution >= 0.6 is 0 Å². The SMILES string of the molecule is CN=C(NCc1ccc(C(=O)OC)c(OC)c1)NC1CCN(c2c(F)cccc2F)C1. The highest BCUT2D eigenvalue weighted by Gasteiger charge is 2.27. The van der Waals surface area contributed by atoms with E-state index in [2.05, 4.69) is 15.6 Å². The first kappa shape index (κ1) is 22.3. The minimum absolute atomic E-state index is 0.00698. The Labute approximate surface area is 180 Å². The lowest BCUT2D eigenvalue weighted by molar-refractivity contribution is 0.0597. The molecule has 0 aliphatic carbocycles. The van der Waals surface area contributed by atoms with Gasteiger partial charge >= 0.3 is 5.97 Å². The van der Waals surface area contributed by atoms with Gasteiger partial charge in [0.1, 0.15) is 28.6 Å². The maximum Gasteiger partial charge on any atom is 0.341 e. The van der Waals surface area contributed by atoms with Crippen molar-refractivity contribution >= 4 is 17.6 Å². The van der Waals surface area contributed by atoms with Crippen LogP contribution in [0.2, 0.25) is 0 Å². The normalized spacial score (nSPS) is 16.2. The van der Waals surface area contributed by atoms with Gasteiger partial charge in [0.2, 0.25) is 0 Å². The van der Waals surface area contributed by atoms with Gasteiger partial charge in [0.05, 0.1) is 14.2 Å². The summed E-state index contributed by atoms with van der Waals surface area (Å²) < 4.78 is 38.1. The summed E-state index contributed by atoms with van der Waals surface area (Å²) in [6.45, 7) is 1.44. The van der Waals surface area contributed by atoms with Gasteiger partial charge in [0.25, 0.3) is 0 Å². The number of hydrogen-bond donors (Lipinski definition) is 2. The van der Waals surface area contributed by atoms with Gasteiger partial charge in [-0.05, 0) is 36.2 Å². The molecule has 0 radical (unpaired) electrons. The molecule has 0 spiro atoms. The number of nitrogens with one attached hydrogen (secondary N) is 2. The molecule has 0 amide bonds. The van der Waals surface area contributed by atoms with Crippen molar-refractivity contribution in [1.29, 1.82) is 0 Å². The van der Waals surface area contributed by atoms with E-state index in [-0.39, 0.29) is 11.7 Å². The van der Waals surface area contributed by atoms with E-state index in [0.29, 0.717) is 36.9 Å². The van der Waals surface area contributed by atoms with Gasteiger partial charge in [-0.15, -0.1) is 0 Å². The van der Waals surface area contributed by atoms with Crippen LogP contribution in [0.5, 0.6) is 5.75 Å². The summed E-state index contributed by atoms with van der Waals surface area (Å²) in [6, 6.07) is 9.08. The van der Waals surface area contributed by atoms with Crippen LogP contribution in [0.25, 0.3) is 0 Å². The molecule has 7 nitrogen and oxygen atoms in total. The van der Waals surface area contributed by atoms with Crippen molar-refractivity contribution in [1.82, 2.24) is 10.6 Å². The number of methoxy groups -OCH3 is 2. The Morgan fingerprint density at radius 1 is 1.23 bits per heavy atom. The summed E-state index contributed by atoms with van der Waals surface area (Å²) in [4.78, 5) is 17.7. The number of carbonyl (C=O) groups is 1. The molecule has 1 unspecified atom stereocenters. The summed E-state index contributed by atoms with van der Waals surface area (Å²) in [7, 11) is 4.46. The van der Waals surface area contributed by atoms with Gasteiger partial charge in [0.15, 0.2) is 5.96 Å². The number of carbonyl (C=O) groups excluding carboxylic acids is 1. The predicted octanol–water partition coefficient (Wildman–Crippen LogP) is 2.70. The zero-order valence-corrected chi connectivity index (χ0v) is 17.7. The van der Waals surface area contributed by atoms with Crippen molar-refractivity contribution in [2.45, 2.75) is 19.0 Å². The molecule has 0 saturated carbocycles. The second-order valence-electron chi connectivity index (χ2n) is 7.10. The largest absolute Gasteiger partial charge is 0.496 e. The fraction of sp³-hybridized carbons (Fsp3) is 0.364. The number of hydrogen-bond acceptors (Lipinski definition) is 5. The number of benzene rings is 2. The lowest BCUT2D eigenvalue weighted by atomic mass is 10.1. The Hall–Kier alpha value is -3.36. The van der Waals surface area contributed by atoms with E-state index in [4.69, 9.17) is 9.47 Å². The van der Waals surface area contributed by atoms with Gasteiger partial charge in [-0.3, -0.25) is 4.99 Å². The molecule has 0 aromatic heterocycles.